The van der Waals surface area contributed by atoms with Gasteiger partial charge in [0.05, 0.1) is 5.69 Å². The van der Waals surface area contributed by atoms with E-state index in [1.165, 1.54) is 5.56 Å². The fourth-order valence-electron chi connectivity index (χ4n) is 3.26. The molecule has 4 rings (SSSR count). The molecular formula is C21H19ClN4O. The van der Waals surface area contributed by atoms with E-state index in [0.29, 0.717) is 17.1 Å². The van der Waals surface area contributed by atoms with Crippen molar-refractivity contribution in [3.8, 4) is 11.3 Å². The highest BCUT2D eigenvalue weighted by atomic mass is 35.5. The summed E-state index contributed by atoms with van der Waals surface area (Å²) in [6.45, 7) is 0.766. The van der Waals surface area contributed by atoms with Gasteiger partial charge < -0.3 is 11.1 Å². The zero-order chi connectivity index (χ0) is 18.9. The first kappa shape index (κ1) is 17.5. The number of nitrogens with two attached hydrogens (primary N) is 1. The molecule has 0 aliphatic heterocycles. The van der Waals surface area contributed by atoms with Gasteiger partial charge in [0.25, 0.3) is 0 Å². The lowest BCUT2D eigenvalue weighted by Gasteiger charge is -2.18. The number of carbonyl (C=O) groups excluding carboxylic acids is 1. The summed E-state index contributed by atoms with van der Waals surface area (Å²) in [6, 6.07) is 18.8. The molecule has 1 fully saturated rings. The third kappa shape index (κ3) is 3.64. The Labute approximate surface area is 162 Å². The second-order valence-corrected chi connectivity index (χ2v) is 7.27. The first-order chi connectivity index (χ1) is 13.1. The number of rotatable bonds is 6. The Hall–Kier alpha value is -2.92. The van der Waals surface area contributed by atoms with Crippen molar-refractivity contribution in [3.05, 3.63) is 76.8 Å². The van der Waals surface area contributed by atoms with Crippen molar-refractivity contribution in [2.24, 2.45) is 5.73 Å². The van der Waals surface area contributed by atoms with E-state index in [0.717, 1.165) is 30.0 Å². The smallest absolute Gasteiger partial charge is 0.248 e. The normalized spacial score (nSPS) is 14.6. The van der Waals surface area contributed by atoms with Gasteiger partial charge in [0.1, 0.15) is 5.82 Å². The van der Waals surface area contributed by atoms with Crippen LogP contribution < -0.4 is 11.1 Å². The van der Waals surface area contributed by atoms with Crippen LogP contribution in [0.2, 0.25) is 5.02 Å². The van der Waals surface area contributed by atoms with Crippen LogP contribution in [-0.2, 0) is 5.41 Å². The third-order valence-corrected chi connectivity index (χ3v) is 5.34. The topological polar surface area (TPSA) is 80.9 Å². The van der Waals surface area contributed by atoms with Crippen LogP contribution in [0.15, 0.2) is 60.7 Å². The number of aromatic nitrogens is 2. The molecule has 0 atom stereocenters. The highest BCUT2D eigenvalue weighted by molar-refractivity contribution is 6.31. The lowest BCUT2D eigenvalue weighted by Crippen LogP contribution is -2.20. The Morgan fingerprint density at radius 2 is 1.89 bits per heavy atom. The Morgan fingerprint density at radius 3 is 2.56 bits per heavy atom. The average molecular weight is 379 g/mol. The maximum atomic E-state index is 11.3. The van der Waals surface area contributed by atoms with E-state index >= 15 is 0 Å². The van der Waals surface area contributed by atoms with Gasteiger partial charge in [0.15, 0.2) is 0 Å². The molecule has 1 saturated carbocycles. The van der Waals surface area contributed by atoms with Crippen molar-refractivity contribution in [2.45, 2.75) is 18.3 Å². The Morgan fingerprint density at radius 1 is 1.07 bits per heavy atom. The van der Waals surface area contributed by atoms with Gasteiger partial charge in [-0.05, 0) is 48.7 Å². The number of hydrogen-bond donors (Lipinski definition) is 2. The van der Waals surface area contributed by atoms with Crippen LogP contribution in [0, 0.1) is 0 Å². The molecule has 136 valence electrons. The zero-order valence-electron chi connectivity index (χ0n) is 14.7. The number of nitrogens with one attached hydrogen (secondary N) is 1. The first-order valence-corrected chi connectivity index (χ1v) is 9.18. The number of benzene rings is 2. The van der Waals surface area contributed by atoms with Crippen molar-refractivity contribution in [1.29, 1.82) is 0 Å². The molecule has 5 nitrogen and oxygen atoms in total. The number of amides is 1. The van der Waals surface area contributed by atoms with E-state index < -0.39 is 5.91 Å². The van der Waals surface area contributed by atoms with Gasteiger partial charge >= 0.3 is 0 Å². The average Bonchev–Trinajstić information content (AvgIpc) is 3.48. The zero-order valence-corrected chi connectivity index (χ0v) is 15.4. The van der Waals surface area contributed by atoms with Gasteiger partial charge in [-0.1, -0.05) is 41.9 Å². The Bertz CT molecular complexity index is 983. The van der Waals surface area contributed by atoms with Crippen molar-refractivity contribution in [1.82, 2.24) is 10.2 Å². The Kier molecular flexibility index (Phi) is 4.54. The fraction of sp³-hybridized carbons (Fsp3) is 0.190. The van der Waals surface area contributed by atoms with Crippen LogP contribution in [-0.4, -0.2) is 22.6 Å². The van der Waals surface area contributed by atoms with Gasteiger partial charge in [-0.2, -0.15) is 0 Å². The van der Waals surface area contributed by atoms with Crippen molar-refractivity contribution >= 4 is 23.3 Å². The molecule has 2 aromatic carbocycles. The predicted octanol–water partition coefficient (Wildman–Crippen LogP) is 4.04. The minimum atomic E-state index is -0.461. The molecule has 27 heavy (non-hydrogen) atoms. The maximum absolute atomic E-state index is 11.3. The lowest BCUT2D eigenvalue weighted by atomic mass is 9.96. The summed E-state index contributed by atoms with van der Waals surface area (Å²) < 4.78 is 0. The minimum Gasteiger partial charge on any atom is -0.368 e. The largest absolute Gasteiger partial charge is 0.368 e. The summed E-state index contributed by atoms with van der Waals surface area (Å²) >= 11 is 6.37. The lowest BCUT2D eigenvalue weighted by molar-refractivity contribution is 0.100. The second-order valence-electron chi connectivity index (χ2n) is 6.86. The quantitative estimate of drug-likeness (QED) is 0.678. The molecule has 3 aromatic rings. The Balaban J connectivity index is 1.47. The predicted molar refractivity (Wildman–Crippen MR) is 107 cm³/mol. The SMILES string of the molecule is NC(=O)c1cccc(-c2ccc(NCC3(c4ccccc4Cl)CC3)nn2)c1. The molecule has 1 amide bonds. The van der Waals surface area contributed by atoms with E-state index in [4.69, 9.17) is 17.3 Å². The molecule has 0 bridgehead atoms. The van der Waals surface area contributed by atoms with Crippen LogP contribution in [0.25, 0.3) is 11.3 Å². The van der Waals surface area contributed by atoms with Crippen molar-refractivity contribution in [2.75, 3.05) is 11.9 Å². The number of nitrogens with zero attached hydrogens (tertiary/aromatic N) is 2. The highest BCUT2D eigenvalue weighted by Crippen LogP contribution is 2.50. The second kappa shape index (κ2) is 7.00. The number of halogens is 1. The monoisotopic (exact) mass is 378 g/mol. The highest BCUT2D eigenvalue weighted by Gasteiger charge is 2.45. The van der Waals surface area contributed by atoms with Crippen LogP contribution >= 0.6 is 11.6 Å². The van der Waals surface area contributed by atoms with E-state index in [1.807, 2.05) is 36.4 Å². The van der Waals surface area contributed by atoms with Gasteiger partial charge in [-0.25, -0.2) is 0 Å². The molecule has 0 radical (unpaired) electrons. The van der Waals surface area contributed by atoms with Gasteiger partial charge in [-0.3, -0.25) is 4.79 Å². The number of primary amides is 1. The van der Waals surface area contributed by atoms with Crippen LogP contribution in [0.3, 0.4) is 0 Å². The van der Waals surface area contributed by atoms with Gasteiger partial charge in [0, 0.05) is 28.1 Å². The summed E-state index contributed by atoms with van der Waals surface area (Å²) in [4.78, 5) is 11.3. The minimum absolute atomic E-state index is 0.0779. The molecule has 1 aromatic heterocycles. The van der Waals surface area contributed by atoms with Crippen molar-refractivity contribution in [3.63, 3.8) is 0 Å². The number of anilines is 1. The number of carbonyl (C=O) groups is 1. The summed E-state index contributed by atoms with van der Waals surface area (Å²) in [7, 11) is 0. The van der Waals surface area contributed by atoms with E-state index in [2.05, 4.69) is 21.6 Å². The fourth-order valence-corrected chi connectivity index (χ4v) is 3.59. The van der Waals surface area contributed by atoms with Crippen molar-refractivity contribution < 1.29 is 4.79 Å². The summed E-state index contributed by atoms with van der Waals surface area (Å²) in [6.07, 6.45) is 2.21. The van der Waals surface area contributed by atoms with Gasteiger partial charge in [-0.15, -0.1) is 10.2 Å². The third-order valence-electron chi connectivity index (χ3n) is 5.01. The van der Waals surface area contributed by atoms with Crippen LogP contribution in [0.5, 0.6) is 0 Å². The van der Waals surface area contributed by atoms with Crippen LogP contribution in [0.4, 0.5) is 5.82 Å². The molecule has 1 aliphatic rings. The number of hydrogen-bond acceptors (Lipinski definition) is 4. The van der Waals surface area contributed by atoms with Crippen LogP contribution in [0.1, 0.15) is 28.8 Å². The molecule has 0 unspecified atom stereocenters. The summed E-state index contributed by atoms with van der Waals surface area (Å²) in [5, 5.41) is 12.7. The van der Waals surface area contributed by atoms with E-state index in [-0.39, 0.29) is 5.41 Å². The standard InChI is InChI=1S/C21H19ClN4O/c22-17-7-2-1-6-16(17)21(10-11-21)13-24-19-9-8-18(25-26-19)14-4-3-5-15(12-14)20(23)27/h1-9,12H,10-11,13H2,(H2,23,27)(H,24,26). The molecule has 0 saturated heterocycles. The maximum Gasteiger partial charge on any atom is 0.248 e. The van der Waals surface area contributed by atoms with E-state index in [9.17, 15) is 4.79 Å². The summed E-state index contributed by atoms with van der Waals surface area (Å²) in [5.41, 5.74) is 8.55. The molecule has 1 aliphatic carbocycles. The first-order valence-electron chi connectivity index (χ1n) is 8.80. The molecule has 1 heterocycles. The molecular weight excluding hydrogens is 360 g/mol. The molecule has 3 N–H and O–H groups in total. The summed E-state index contributed by atoms with van der Waals surface area (Å²) in [5.74, 6) is 0.250. The van der Waals surface area contributed by atoms with E-state index in [1.54, 1.807) is 18.2 Å². The molecule has 0 spiro atoms. The van der Waals surface area contributed by atoms with Gasteiger partial charge in [0.2, 0.25) is 5.91 Å². The molecule has 6 heteroatoms.